The number of benzene rings is 1. The Morgan fingerprint density at radius 1 is 1.17 bits per heavy atom. The van der Waals surface area contributed by atoms with Crippen molar-refractivity contribution in [2.75, 3.05) is 0 Å². The van der Waals surface area contributed by atoms with Crippen LogP contribution >= 0.6 is 0 Å². The average molecular weight is 414 g/mol. The number of carbonyl (C=O) groups excluding carboxylic acids is 3. The molecule has 1 unspecified atom stereocenters. The van der Waals surface area contributed by atoms with Gasteiger partial charge >= 0.3 is 6.18 Å². The summed E-state index contributed by atoms with van der Waals surface area (Å²) in [6.45, 7) is 0.0939. The molecule has 1 atom stereocenters. The molecular weight excluding hydrogens is 401 g/mol. The predicted molar refractivity (Wildman–Crippen MR) is 95.4 cm³/mol. The number of piperidine rings is 1. The van der Waals surface area contributed by atoms with E-state index in [1.165, 1.54) is 29.2 Å². The minimum atomic E-state index is -4.78. The first-order chi connectivity index (χ1) is 14.2. The van der Waals surface area contributed by atoms with E-state index in [9.17, 15) is 27.6 Å². The number of hydrogen-bond donors (Lipinski definition) is 1. The average Bonchev–Trinajstić information content (AvgIpc) is 3.02. The van der Waals surface area contributed by atoms with Crippen molar-refractivity contribution in [2.45, 2.75) is 31.6 Å². The fourth-order valence-corrected chi connectivity index (χ4v) is 3.66. The van der Waals surface area contributed by atoms with E-state index in [4.69, 9.17) is 5.26 Å². The van der Waals surface area contributed by atoms with Crippen molar-refractivity contribution in [1.82, 2.24) is 15.2 Å². The monoisotopic (exact) mass is 414 g/mol. The molecule has 2 aliphatic rings. The van der Waals surface area contributed by atoms with Gasteiger partial charge in [-0.25, -0.2) is 4.98 Å². The van der Waals surface area contributed by atoms with Crippen LogP contribution in [0.4, 0.5) is 13.2 Å². The summed E-state index contributed by atoms with van der Waals surface area (Å²) >= 11 is 0. The van der Waals surface area contributed by atoms with Crippen LogP contribution in [-0.4, -0.2) is 33.6 Å². The van der Waals surface area contributed by atoms with Gasteiger partial charge in [-0.1, -0.05) is 6.07 Å². The van der Waals surface area contributed by atoms with Gasteiger partial charge in [0.2, 0.25) is 11.8 Å². The van der Waals surface area contributed by atoms with Crippen LogP contribution in [0.5, 0.6) is 0 Å². The van der Waals surface area contributed by atoms with Crippen LogP contribution in [0, 0.1) is 11.3 Å². The lowest BCUT2D eigenvalue weighted by Crippen LogP contribution is -2.52. The first-order valence-corrected chi connectivity index (χ1v) is 8.95. The Morgan fingerprint density at radius 2 is 1.93 bits per heavy atom. The number of fused-ring (bicyclic) bond motifs is 1. The summed E-state index contributed by atoms with van der Waals surface area (Å²) < 4.78 is 39.6. The topological polar surface area (TPSA) is 103 Å². The number of rotatable bonds is 2. The molecule has 10 heteroatoms. The summed E-state index contributed by atoms with van der Waals surface area (Å²) in [5, 5.41) is 11.1. The van der Waals surface area contributed by atoms with E-state index < -0.39 is 35.3 Å². The molecule has 1 saturated heterocycles. The number of alkyl halides is 3. The smallest absolute Gasteiger partial charge is 0.322 e. The highest BCUT2D eigenvalue weighted by Crippen LogP contribution is 2.34. The van der Waals surface area contributed by atoms with E-state index in [0.717, 1.165) is 6.07 Å². The second-order valence-corrected chi connectivity index (χ2v) is 6.97. The van der Waals surface area contributed by atoms with E-state index in [1.807, 2.05) is 0 Å². The summed E-state index contributed by atoms with van der Waals surface area (Å²) in [5.41, 5.74) is -0.608. The van der Waals surface area contributed by atoms with Crippen LogP contribution in [0.25, 0.3) is 11.3 Å². The number of nitriles is 1. The van der Waals surface area contributed by atoms with Gasteiger partial charge in [0.15, 0.2) is 5.69 Å². The van der Waals surface area contributed by atoms with Crippen molar-refractivity contribution in [1.29, 1.82) is 5.26 Å². The minimum Gasteiger partial charge on any atom is -0.322 e. The molecule has 2 aromatic rings. The first-order valence-electron chi connectivity index (χ1n) is 8.95. The van der Waals surface area contributed by atoms with Crippen molar-refractivity contribution < 1.29 is 27.6 Å². The quantitative estimate of drug-likeness (QED) is 0.761. The van der Waals surface area contributed by atoms with Gasteiger partial charge in [-0.15, -0.1) is 0 Å². The van der Waals surface area contributed by atoms with Gasteiger partial charge in [0, 0.05) is 24.1 Å². The van der Waals surface area contributed by atoms with Crippen molar-refractivity contribution in [2.24, 2.45) is 0 Å². The fourth-order valence-electron chi connectivity index (χ4n) is 3.66. The Hall–Kier alpha value is -3.74. The number of halogens is 3. The maximum atomic E-state index is 13.2. The molecular formula is C20H13F3N4O3. The Kier molecular flexibility index (Phi) is 4.53. The predicted octanol–water partition coefficient (Wildman–Crippen LogP) is 2.40. The molecule has 152 valence electrons. The number of carbonyl (C=O) groups is 3. The highest BCUT2D eigenvalue weighted by molar-refractivity contribution is 6.05. The van der Waals surface area contributed by atoms with Gasteiger partial charge in [-0.2, -0.15) is 18.4 Å². The number of aromatic nitrogens is 1. The molecule has 0 saturated carbocycles. The summed E-state index contributed by atoms with van der Waals surface area (Å²) in [7, 11) is 0. The lowest BCUT2D eigenvalue weighted by molar-refractivity contribution is -0.141. The second kappa shape index (κ2) is 6.95. The number of amides is 3. The van der Waals surface area contributed by atoms with E-state index in [2.05, 4.69) is 10.3 Å². The summed E-state index contributed by atoms with van der Waals surface area (Å²) in [6, 6.07) is 7.56. The minimum absolute atomic E-state index is 0.0102. The highest BCUT2D eigenvalue weighted by Gasteiger charge is 2.39. The molecule has 0 radical (unpaired) electrons. The van der Waals surface area contributed by atoms with Crippen molar-refractivity contribution in [3.05, 3.63) is 52.7 Å². The van der Waals surface area contributed by atoms with Crippen LogP contribution in [0.2, 0.25) is 0 Å². The summed E-state index contributed by atoms with van der Waals surface area (Å²) in [6.07, 6.45) is -4.45. The SMILES string of the molecule is N#Cc1ccc(-c2ccc3c(c2)CN(C2CCC(=O)NC2=O)C3=O)nc1C(F)(F)F. The van der Waals surface area contributed by atoms with Gasteiger partial charge in [0.05, 0.1) is 11.3 Å². The molecule has 0 spiro atoms. The molecule has 3 amide bonds. The van der Waals surface area contributed by atoms with Crippen LogP contribution in [-0.2, 0) is 22.3 Å². The Morgan fingerprint density at radius 3 is 2.60 bits per heavy atom. The normalized spacial score (nSPS) is 18.8. The number of nitrogens with one attached hydrogen (secondary N) is 1. The van der Waals surface area contributed by atoms with Gasteiger partial charge in [0.1, 0.15) is 12.1 Å². The molecule has 2 aliphatic heterocycles. The van der Waals surface area contributed by atoms with Crippen LogP contribution in [0.15, 0.2) is 30.3 Å². The summed E-state index contributed by atoms with van der Waals surface area (Å²) in [5.74, 6) is -1.32. The molecule has 0 aliphatic carbocycles. The standard InChI is InChI=1S/C20H13F3N4O3/c21-20(22,23)17-11(8-24)2-4-14(25-17)10-1-3-13-12(7-10)9-27(19(13)30)15-5-6-16(28)26-18(15)29/h1-4,7,15H,5-6,9H2,(H,26,28,29). The van der Waals surface area contributed by atoms with Gasteiger partial charge < -0.3 is 4.90 Å². The van der Waals surface area contributed by atoms with Crippen LogP contribution in [0.3, 0.4) is 0 Å². The van der Waals surface area contributed by atoms with Gasteiger partial charge in [0.25, 0.3) is 5.91 Å². The van der Waals surface area contributed by atoms with E-state index in [0.29, 0.717) is 16.7 Å². The van der Waals surface area contributed by atoms with Crippen molar-refractivity contribution in [3.63, 3.8) is 0 Å². The first kappa shape index (κ1) is 19.6. The zero-order chi connectivity index (χ0) is 21.6. The van der Waals surface area contributed by atoms with Crippen molar-refractivity contribution >= 4 is 17.7 Å². The fraction of sp³-hybridized carbons (Fsp3) is 0.250. The lowest BCUT2D eigenvalue weighted by Gasteiger charge is -2.29. The third-order valence-corrected chi connectivity index (χ3v) is 5.10. The maximum Gasteiger partial charge on any atom is 0.434 e. The molecule has 3 heterocycles. The lowest BCUT2D eigenvalue weighted by atomic mass is 10.0. The zero-order valence-electron chi connectivity index (χ0n) is 15.3. The molecule has 4 rings (SSSR count). The summed E-state index contributed by atoms with van der Waals surface area (Å²) in [4.78, 5) is 41.1. The third-order valence-electron chi connectivity index (χ3n) is 5.10. The van der Waals surface area contributed by atoms with Crippen LogP contribution in [0.1, 0.15) is 40.0 Å². The number of pyridine rings is 1. The number of hydrogen-bond acceptors (Lipinski definition) is 5. The molecule has 0 bridgehead atoms. The van der Waals surface area contributed by atoms with Gasteiger partial charge in [-0.3, -0.25) is 19.7 Å². The van der Waals surface area contributed by atoms with Crippen molar-refractivity contribution in [3.8, 4) is 17.3 Å². The third kappa shape index (κ3) is 3.28. The van der Waals surface area contributed by atoms with E-state index in [1.54, 1.807) is 6.07 Å². The van der Waals surface area contributed by atoms with Crippen LogP contribution < -0.4 is 5.32 Å². The molecule has 1 fully saturated rings. The second-order valence-electron chi connectivity index (χ2n) is 6.97. The Labute approximate surface area is 168 Å². The van der Waals surface area contributed by atoms with E-state index >= 15 is 0 Å². The Bertz CT molecular complexity index is 1140. The molecule has 30 heavy (non-hydrogen) atoms. The zero-order valence-corrected chi connectivity index (χ0v) is 15.3. The number of imide groups is 1. The number of nitrogens with zero attached hydrogens (tertiary/aromatic N) is 3. The largest absolute Gasteiger partial charge is 0.434 e. The molecule has 1 aromatic carbocycles. The maximum absolute atomic E-state index is 13.2. The molecule has 1 aromatic heterocycles. The molecule has 1 N–H and O–H groups in total. The Balaban J connectivity index is 1.66. The van der Waals surface area contributed by atoms with E-state index in [-0.39, 0.29) is 31.0 Å². The molecule has 7 nitrogen and oxygen atoms in total. The highest BCUT2D eigenvalue weighted by atomic mass is 19.4. The van der Waals surface area contributed by atoms with Gasteiger partial charge in [-0.05, 0) is 36.2 Å².